The van der Waals surface area contributed by atoms with E-state index in [0.29, 0.717) is 22.9 Å². The number of pyridine rings is 1. The molecule has 2 aromatic carbocycles. The van der Waals surface area contributed by atoms with Crippen LogP contribution < -0.4 is 21.2 Å². The van der Waals surface area contributed by atoms with Gasteiger partial charge >= 0.3 is 5.92 Å². The number of ether oxygens (including phenoxy) is 2. The van der Waals surface area contributed by atoms with E-state index < -0.39 is 41.0 Å². The van der Waals surface area contributed by atoms with E-state index in [1.54, 1.807) is 24.3 Å². The summed E-state index contributed by atoms with van der Waals surface area (Å²) in [6.07, 6.45) is 1.79. The second-order valence-electron chi connectivity index (χ2n) is 7.51. The molecule has 0 aliphatic carbocycles. The fourth-order valence-corrected chi connectivity index (χ4v) is 3.32. The van der Waals surface area contributed by atoms with Gasteiger partial charge in [-0.15, -0.1) is 0 Å². The van der Waals surface area contributed by atoms with E-state index in [4.69, 9.17) is 21.2 Å². The molecule has 0 aliphatic rings. The number of halogens is 4. The highest BCUT2D eigenvalue weighted by atomic mass is 19.3. The van der Waals surface area contributed by atoms with Crippen LogP contribution in [0, 0.1) is 11.6 Å². The SMILES string of the molecule is COc1ccc(COc2ccc(C(F)(F)C(O)(CN(N)/C=N\N)c3ccc(F)cc3F)nc2)cc1. The molecule has 1 atom stereocenters. The molecular weight excluding hydrogens is 470 g/mol. The van der Waals surface area contributed by atoms with Crippen molar-refractivity contribution in [2.45, 2.75) is 18.1 Å². The lowest BCUT2D eigenvalue weighted by molar-refractivity contribution is -0.203. The van der Waals surface area contributed by atoms with Crippen molar-refractivity contribution in [2.24, 2.45) is 16.8 Å². The van der Waals surface area contributed by atoms with Crippen LogP contribution in [0.15, 0.2) is 65.9 Å². The molecule has 3 aromatic rings. The zero-order valence-electron chi connectivity index (χ0n) is 18.5. The van der Waals surface area contributed by atoms with Gasteiger partial charge in [-0.3, -0.25) is 9.99 Å². The van der Waals surface area contributed by atoms with Gasteiger partial charge < -0.3 is 20.4 Å². The van der Waals surface area contributed by atoms with Gasteiger partial charge in [-0.05, 0) is 42.0 Å². The normalized spacial score (nSPS) is 13.5. The van der Waals surface area contributed by atoms with Crippen molar-refractivity contribution in [3.63, 3.8) is 0 Å². The second-order valence-corrected chi connectivity index (χ2v) is 7.51. The summed E-state index contributed by atoms with van der Waals surface area (Å²) in [6, 6.07) is 11.0. The smallest absolute Gasteiger partial charge is 0.323 e. The third-order valence-corrected chi connectivity index (χ3v) is 5.15. The first-order valence-corrected chi connectivity index (χ1v) is 10.1. The Hall–Kier alpha value is -3.90. The second kappa shape index (κ2) is 10.6. The van der Waals surface area contributed by atoms with Crippen LogP contribution >= 0.6 is 0 Å². The largest absolute Gasteiger partial charge is 0.497 e. The van der Waals surface area contributed by atoms with Gasteiger partial charge in [0.15, 0.2) is 5.60 Å². The number of hydrogen-bond donors (Lipinski definition) is 3. The molecule has 0 saturated carbocycles. The van der Waals surface area contributed by atoms with Gasteiger partial charge in [0.1, 0.15) is 41.8 Å². The lowest BCUT2D eigenvalue weighted by Gasteiger charge is -2.37. The third kappa shape index (κ3) is 5.61. The predicted molar refractivity (Wildman–Crippen MR) is 119 cm³/mol. The molecule has 35 heavy (non-hydrogen) atoms. The number of nitrogens with two attached hydrogens (primary N) is 2. The Morgan fingerprint density at radius 2 is 1.77 bits per heavy atom. The van der Waals surface area contributed by atoms with Crippen molar-refractivity contribution in [1.82, 2.24) is 9.99 Å². The summed E-state index contributed by atoms with van der Waals surface area (Å²) < 4.78 is 69.8. The molecule has 0 radical (unpaired) electrons. The highest BCUT2D eigenvalue weighted by Gasteiger charge is 2.58. The van der Waals surface area contributed by atoms with E-state index >= 15 is 8.78 Å². The van der Waals surface area contributed by atoms with Gasteiger partial charge in [-0.1, -0.05) is 12.1 Å². The van der Waals surface area contributed by atoms with Crippen molar-refractivity contribution in [3.05, 3.63) is 89.2 Å². The number of hydrogen-bond acceptors (Lipinski definition) is 7. The average molecular weight is 493 g/mol. The van der Waals surface area contributed by atoms with E-state index in [0.717, 1.165) is 30.2 Å². The third-order valence-electron chi connectivity index (χ3n) is 5.15. The van der Waals surface area contributed by atoms with Gasteiger partial charge in [-0.25, -0.2) is 14.6 Å². The van der Waals surface area contributed by atoms with Crippen LogP contribution in [0.4, 0.5) is 17.6 Å². The molecular formula is C23H23F4N5O3. The minimum Gasteiger partial charge on any atom is -0.497 e. The molecule has 8 nitrogen and oxygen atoms in total. The summed E-state index contributed by atoms with van der Waals surface area (Å²) in [5.74, 6) is 4.78. The quantitative estimate of drug-likeness (QED) is 0.131. The van der Waals surface area contributed by atoms with Gasteiger partial charge in [-0.2, -0.15) is 13.9 Å². The van der Waals surface area contributed by atoms with Crippen LogP contribution in [0.1, 0.15) is 16.8 Å². The van der Waals surface area contributed by atoms with Crippen LogP contribution in [-0.4, -0.2) is 35.1 Å². The maximum Gasteiger partial charge on any atom is 0.323 e. The summed E-state index contributed by atoms with van der Waals surface area (Å²) in [4.78, 5) is 3.71. The lowest BCUT2D eigenvalue weighted by Crippen LogP contribution is -2.53. The number of hydrazone groups is 1. The van der Waals surface area contributed by atoms with E-state index in [1.165, 1.54) is 13.2 Å². The number of methoxy groups -OCH3 is 1. The number of hydrazine groups is 1. The Kier molecular flexibility index (Phi) is 7.77. The summed E-state index contributed by atoms with van der Waals surface area (Å²) in [7, 11) is 1.54. The summed E-state index contributed by atoms with van der Waals surface area (Å²) in [6.45, 7) is -0.923. The topological polar surface area (TPSA) is 119 Å². The molecule has 3 rings (SSSR count). The van der Waals surface area contributed by atoms with Crippen molar-refractivity contribution in [1.29, 1.82) is 0 Å². The molecule has 0 aliphatic heterocycles. The van der Waals surface area contributed by atoms with Crippen LogP contribution in [0.3, 0.4) is 0 Å². The standard InChI is InChI=1S/C23H23F4N5O3/c1-34-17-5-2-15(3-6-17)12-35-18-7-9-21(30-11-18)23(26,27)22(33,13-32(29)14-31-28)19-8-4-16(24)10-20(19)25/h2-11,14,33H,12-13,28-29H2,1H3/b31-14-. The molecule has 0 bridgehead atoms. The fraction of sp³-hybridized carbons (Fsp3) is 0.217. The van der Waals surface area contributed by atoms with Gasteiger partial charge in [0.05, 0.1) is 19.9 Å². The summed E-state index contributed by atoms with van der Waals surface area (Å²) in [5, 5.41) is 14.7. The Morgan fingerprint density at radius 1 is 1.09 bits per heavy atom. The number of benzene rings is 2. The molecule has 0 spiro atoms. The highest BCUT2D eigenvalue weighted by molar-refractivity contribution is 5.53. The molecule has 5 N–H and O–H groups in total. The maximum absolute atomic E-state index is 15.6. The molecule has 1 unspecified atom stereocenters. The lowest BCUT2D eigenvalue weighted by atomic mass is 9.84. The van der Waals surface area contributed by atoms with Crippen molar-refractivity contribution >= 4 is 6.34 Å². The fourth-order valence-electron chi connectivity index (χ4n) is 3.32. The Labute approximate surface area is 198 Å². The molecule has 0 amide bonds. The van der Waals surface area contributed by atoms with E-state index in [-0.39, 0.29) is 12.4 Å². The Balaban J connectivity index is 1.88. The monoisotopic (exact) mass is 493 g/mol. The molecule has 1 aromatic heterocycles. The Morgan fingerprint density at radius 3 is 2.34 bits per heavy atom. The maximum atomic E-state index is 15.6. The van der Waals surface area contributed by atoms with Crippen molar-refractivity contribution in [2.75, 3.05) is 13.7 Å². The molecule has 0 fully saturated rings. The predicted octanol–water partition coefficient (Wildman–Crippen LogP) is 3.00. The number of nitrogens with zero attached hydrogens (tertiary/aromatic N) is 3. The van der Waals surface area contributed by atoms with Crippen molar-refractivity contribution < 1.29 is 32.1 Å². The van der Waals surface area contributed by atoms with E-state index in [1.807, 2.05) is 0 Å². The van der Waals surface area contributed by atoms with Crippen LogP contribution in [0.25, 0.3) is 0 Å². The molecule has 12 heteroatoms. The minimum atomic E-state index is -4.19. The number of aromatic nitrogens is 1. The van der Waals surface area contributed by atoms with E-state index in [2.05, 4.69) is 10.1 Å². The number of aliphatic hydroxyl groups is 1. The zero-order chi connectivity index (χ0) is 25.6. The highest BCUT2D eigenvalue weighted by Crippen LogP contribution is 2.46. The first kappa shape index (κ1) is 25.7. The first-order valence-electron chi connectivity index (χ1n) is 10.1. The Bertz CT molecular complexity index is 1160. The van der Waals surface area contributed by atoms with Gasteiger partial charge in [0, 0.05) is 11.6 Å². The zero-order valence-corrected chi connectivity index (χ0v) is 18.5. The van der Waals surface area contributed by atoms with Gasteiger partial charge in [0.25, 0.3) is 0 Å². The summed E-state index contributed by atoms with van der Waals surface area (Å²) in [5.41, 5.74) is -4.28. The van der Waals surface area contributed by atoms with Gasteiger partial charge in [0.2, 0.25) is 0 Å². The van der Waals surface area contributed by atoms with Crippen LogP contribution in [0.5, 0.6) is 11.5 Å². The molecule has 1 heterocycles. The van der Waals surface area contributed by atoms with Crippen molar-refractivity contribution in [3.8, 4) is 11.5 Å². The number of alkyl halides is 2. The van der Waals surface area contributed by atoms with Crippen LogP contribution in [0.2, 0.25) is 0 Å². The minimum absolute atomic E-state index is 0.132. The molecule has 186 valence electrons. The summed E-state index contributed by atoms with van der Waals surface area (Å²) >= 11 is 0. The first-order chi connectivity index (χ1) is 16.6. The number of rotatable bonds is 10. The van der Waals surface area contributed by atoms with E-state index in [9.17, 15) is 13.9 Å². The molecule has 0 saturated heterocycles. The average Bonchev–Trinajstić information content (AvgIpc) is 2.83. The van der Waals surface area contributed by atoms with Crippen LogP contribution in [-0.2, 0) is 18.1 Å².